The smallest absolute Gasteiger partial charge is 0.120 e. The molecule has 0 aromatic heterocycles. The largest absolute Gasteiger partial charge is 0.319 e. The number of hydrogen-bond donors (Lipinski definition) is 1. The number of aldehydes is 1. The van der Waals surface area contributed by atoms with Gasteiger partial charge in [-0.15, -0.1) is 0 Å². The monoisotopic (exact) mass is 169 g/mol. The molecule has 70 valence electrons. The first kappa shape index (κ1) is 9.72. The molecule has 0 aliphatic heterocycles. The molecule has 0 heterocycles. The van der Waals surface area contributed by atoms with Gasteiger partial charge in [0, 0.05) is 13.0 Å². The summed E-state index contributed by atoms with van der Waals surface area (Å²) in [5.41, 5.74) is 0.300. The molecule has 0 radical (unpaired) electrons. The lowest BCUT2D eigenvalue weighted by Gasteiger charge is -2.35. The molecule has 0 bridgehead atoms. The van der Waals surface area contributed by atoms with E-state index in [1.807, 2.05) is 7.05 Å². The van der Waals surface area contributed by atoms with Crippen molar-refractivity contribution in [2.24, 2.45) is 5.41 Å². The maximum atomic E-state index is 10.5. The molecule has 1 aliphatic carbocycles. The molecule has 2 nitrogen and oxygen atoms in total. The van der Waals surface area contributed by atoms with Gasteiger partial charge in [0.1, 0.15) is 6.29 Å². The van der Waals surface area contributed by atoms with Crippen molar-refractivity contribution in [2.45, 2.75) is 38.5 Å². The quantitative estimate of drug-likeness (QED) is 0.649. The first-order valence-electron chi connectivity index (χ1n) is 4.91. The zero-order valence-electron chi connectivity index (χ0n) is 7.94. The SMILES string of the molecule is CNCC1(CC=O)CCCCC1. The lowest BCUT2D eigenvalue weighted by Crippen LogP contribution is -2.34. The van der Waals surface area contributed by atoms with E-state index in [0.29, 0.717) is 5.41 Å². The van der Waals surface area contributed by atoms with E-state index in [9.17, 15) is 4.79 Å². The molecule has 0 aromatic rings. The van der Waals surface area contributed by atoms with Crippen LogP contribution < -0.4 is 5.32 Å². The first-order chi connectivity index (χ1) is 5.83. The van der Waals surface area contributed by atoms with Gasteiger partial charge < -0.3 is 10.1 Å². The third-order valence-electron chi connectivity index (χ3n) is 2.98. The fraction of sp³-hybridized carbons (Fsp3) is 0.900. The number of hydrogen-bond acceptors (Lipinski definition) is 2. The average molecular weight is 169 g/mol. The molecule has 1 aliphatic rings. The first-order valence-corrected chi connectivity index (χ1v) is 4.91. The molecule has 2 heteroatoms. The summed E-state index contributed by atoms with van der Waals surface area (Å²) in [5, 5.41) is 3.20. The third kappa shape index (κ3) is 2.31. The van der Waals surface area contributed by atoms with Crippen molar-refractivity contribution in [1.29, 1.82) is 0 Å². The standard InChI is InChI=1S/C10H19NO/c1-11-9-10(7-8-12)5-3-2-4-6-10/h8,11H,2-7,9H2,1H3. The van der Waals surface area contributed by atoms with Crippen LogP contribution in [-0.4, -0.2) is 19.9 Å². The van der Waals surface area contributed by atoms with Gasteiger partial charge in [-0.05, 0) is 25.3 Å². The van der Waals surface area contributed by atoms with Gasteiger partial charge in [0.05, 0.1) is 0 Å². The molecule has 0 saturated heterocycles. The van der Waals surface area contributed by atoms with Crippen molar-refractivity contribution in [3.63, 3.8) is 0 Å². The fourth-order valence-corrected chi connectivity index (χ4v) is 2.31. The Morgan fingerprint density at radius 2 is 2.00 bits per heavy atom. The van der Waals surface area contributed by atoms with Gasteiger partial charge in [-0.3, -0.25) is 0 Å². The molecule has 1 rings (SSSR count). The van der Waals surface area contributed by atoms with Crippen LogP contribution in [0.1, 0.15) is 38.5 Å². The highest BCUT2D eigenvalue weighted by atomic mass is 16.1. The van der Waals surface area contributed by atoms with Crippen molar-refractivity contribution >= 4 is 6.29 Å². The lowest BCUT2D eigenvalue weighted by atomic mass is 9.72. The predicted octanol–water partition coefficient (Wildman–Crippen LogP) is 1.75. The van der Waals surface area contributed by atoms with Crippen LogP contribution in [0.2, 0.25) is 0 Å². The minimum atomic E-state index is 0.300. The average Bonchev–Trinajstić information content (AvgIpc) is 2.07. The van der Waals surface area contributed by atoms with Gasteiger partial charge in [0.15, 0.2) is 0 Å². The van der Waals surface area contributed by atoms with Crippen LogP contribution >= 0.6 is 0 Å². The van der Waals surface area contributed by atoms with Crippen molar-refractivity contribution < 1.29 is 4.79 Å². The van der Waals surface area contributed by atoms with Gasteiger partial charge in [-0.1, -0.05) is 19.3 Å². The van der Waals surface area contributed by atoms with Crippen LogP contribution in [0, 0.1) is 5.41 Å². The van der Waals surface area contributed by atoms with Crippen molar-refractivity contribution in [3.05, 3.63) is 0 Å². The van der Waals surface area contributed by atoms with Gasteiger partial charge >= 0.3 is 0 Å². The Morgan fingerprint density at radius 3 is 2.50 bits per heavy atom. The minimum absolute atomic E-state index is 0.300. The molecule has 12 heavy (non-hydrogen) atoms. The Bertz CT molecular complexity index is 133. The molecular formula is C10H19NO. The minimum Gasteiger partial charge on any atom is -0.319 e. The molecule has 0 aromatic carbocycles. The number of carbonyl (C=O) groups is 1. The second kappa shape index (κ2) is 4.61. The Hall–Kier alpha value is -0.370. The van der Waals surface area contributed by atoms with E-state index >= 15 is 0 Å². The Balaban J connectivity index is 2.49. The highest BCUT2D eigenvalue weighted by Gasteiger charge is 2.30. The van der Waals surface area contributed by atoms with Gasteiger partial charge in [0.25, 0.3) is 0 Å². The second-order valence-corrected chi connectivity index (χ2v) is 3.96. The second-order valence-electron chi connectivity index (χ2n) is 3.96. The number of carbonyl (C=O) groups excluding carboxylic acids is 1. The lowest BCUT2D eigenvalue weighted by molar-refractivity contribution is -0.110. The van der Waals surface area contributed by atoms with Crippen LogP contribution in [0.25, 0.3) is 0 Å². The zero-order valence-corrected chi connectivity index (χ0v) is 7.94. The summed E-state index contributed by atoms with van der Waals surface area (Å²) < 4.78 is 0. The molecule has 0 spiro atoms. The van der Waals surface area contributed by atoms with Crippen LogP contribution in [-0.2, 0) is 4.79 Å². The topological polar surface area (TPSA) is 29.1 Å². The van der Waals surface area contributed by atoms with Crippen LogP contribution in [0.5, 0.6) is 0 Å². The maximum Gasteiger partial charge on any atom is 0.120 e. The van der Waals surface area contributed by atoms with E-state index in [4.69, 9.17) is 0 Å². The normalized spacial score (nSPS) is 22.1. The molecule has 1 N–H and O–H groups in total. The molecule has 1 fully saturated rings. The molecular weight excluding hydrogens is 150 g/mol. The highest BCUT2D eigenvalue weighted by Crippen LogP contribution is 2.37. The number of nitrogens with one attached hydrogen (secondary N) is 1. The van der Waals surface area contributed by atoms with Crippen molar-refractivity contribution in [3.8, 4) is 0 Å². The van der Waals surface area contributed by atoms with E-state index in [-0.39, 0.29) is 0 Å². The summed E-state index contributed by atoms with van der Waals surface area (Å²) in [5.74, 6) is 0. The van der Waals surface area contributed by atoms with Gasteiger partial charge in [-0.25, -0.2) is 0 Å². The van der Waals surface area contributed by atoms with Gasteiger partial charge in [0.2, 0.25) is 0 Å². The Labute approximate surface area is 74.7 Å². The summed E-state index contributed by atoms with van der Waals surface area (Å²) in [7, 11) is 1.97. The van der Waals surface area contributed by atoms with Crippen molar-refractivity contribution in [2.75, 3.05) is 13.6 Å². The van der Waals surface area contributed by atoms with Crippen LogP contribution in [0.15, 0.2) is 0 Å². The molecule has 0 amide bonds. The fourth-order valence-electron chi connectivity index (χ4n) is 2.31. The zero-order chi connectivity index (χ0) is 8.86. The summed E-state index contributed by atoms with van der Waals surface area (Å²) in [6.45, 7) is 1.01. The van der Waals surface area contributed by atoms with Crippen LogP contribution in [0.3, 0.4) is 0 Å². The summed E-state index contributed by atoms with van der Waals surface area (Å²) in [6, 6.07) is 0. The summed E-state index contributed by atoms with van der Waals surface area (Å²) >= 11 is 0. The van der Waals surface area contributed by atoms with Crippen molar-refractivity contribution in [1.82, 2.24) is 5.32 Å². The van der Waals surface area contributed by atoms with Crippen LogP contribution in [0.4, 0.5) is 0 Å². The Morgan fingerprint density at radius 1 is 1.33 bits per heavy atom. The maximum absolute atomic E-state index is 10.5. The predicted molar refractivity (Wildman–Crippen MR) is 50.1 cm³/mol. The molecule has 1 saturated carbocycles. The molecule has 0 atom stereocenters. The molecule has 0 unspecified atom stereocenters. The third-order valence-corrected chi connectivity index (χ3v) is 2.98. The van der Waals surface area contributed by atoms with E-state index in [0.717, 1.165) is 19.3 Å². The van der Waals surface area contributed by atoms with E-state index in [1.165, 1.54) is 32.1 Å². The highest BCUT2D eigenvalue weighted by molar-refractivity contribution is 5.50. The van der Waals surface area contributed by atoms with E-state index < -0.39 is 0 Å². The number of rotatable bonds is 4. The van der Waals surface area contributed by atoms with E-state index in [2.05, 4.69) is 5.32 Å². The Kier molecular flexibility index (Phi) is 3.73. The van der Waals surface area contributed by atoms with E-state index in [1.54, 1.807) is 0 Å². The van der Waals surface area contributed by atoms with Gasteiger partial charge in [-0.2, -0.15) is 0 Å². The summed E-state index contributed by atoms with van der Waals surface area (Å²) in [4.78, 5) is 10.5. The summed E-state index contributed by atoms with van der Waals surface area (Å²) in [6.07, 6.45) is 8.24.